The van der Waals surface area contributed by atoms with E-state index in [-0.39, 0.29) is 11.5 Å². The fraction of sp³-hybridized carbons (Fsp3) is 0.0938. The molecule has 0 amide bonds. The highest BCUT2D eigenvalue weighted by Gasteiger charge is 2.54. The highest BCUT2D eigenvalue weighted by Crippen LogP contribution is 2.65. The summed E-state index contributed by atoms with van der Waals surface area (Å²) in [6.45, 7) is 4.80. The van der Waals surface area contributed by atoms with Crippen LogP contribution >= 0.6 is 0 Å². The number of fused-ring (bicyclic) bond motifs is 12. The number of rotatable bonds is 6. The van der Waals surface area contributed by atoms with E-state index in [1.165, 1.54) is 112 Å². The molecule has 0 bridgehead atoms. The minimum absolute atomic E-state index is 0.0226. The Morgan fingerprint density at radius 1 is 0.385 bits per heavy atom. The maximum atomic E-state index is 2.72. The summed E-state index contributed by atoms with van der Waals surface area (Å²) in [6, 6.07) is 81.9. The molecule has 9 aromatic carbocycles. The lowest BCUT2D eigenvalue weighted by molar-refractivity contribution is 0.659. The van der Waals surface area contributed by atoms with Gasteiger partial charge in [0, 0.05) is 22.4 Å². The minimum atomic E-state index is -0.482. The van der Waals surface area contributed by atoms with Gasteiger partial charge in [-0.2, -0.15) is 0 Å². The van der Waals surface area contributed by atoms with Crippen molar-refractivity contribution < 1.29 is 0 Å². The van der Waals surface area contributed by atoms with Gasteiger partial charge < -0.3 is 4.90 Å². The summed E-state index contributed by atoms with van der Waals surface area (Å²) < 4.78 is 0. The lowest BCUT2D eigenvalue weighted by atomic mass is 9.68. The molecular weight excluding hydrogens is 783 g/mol. The van der Waals surface area contributed by atoms with Crippen LogP contribution in [0.4, 0.5) is 11.4 Å². The summed E-state index contributed by atoms with van der Waals surface area (Å²) in [5, 5.41) is 0. The highest BCUT2D eigenvalue weighted by molar-refractivity contribution is 6.00. The Hall–Kier alpha value is -7.74. The third-order valence-electron chi connectivity index (χ3n) is 15.0. The van der Waals surface area contributed by atoms with Crippen LogP contribution in [0, 0.1) is 0 Å². The van der Waals surface area contributed by atoms with Gasteiger partial charge in [0.25, 0.3) is 0 Å². The Morgan fingerprint density at radius 3 is 1.54 bits per heavy atom. The third-order valence-corrected chi connectivity index (χ3v) is 15.0. The molecule has 0 radical (unpaired) electrons. The van der Waals surface area contributed by atoms with Crippen LogP contribution in [0.2, 0.25) is 0 Å². The predicted molar refractivity (Wildman–Crippen MR) is 272 cm³/mol. The van der Waals surface area contributed by atoms with Gasteiger partial charge in [-0.05, 0) is 131 Å². The molecule has 0 fully saturated rings. The van der Waals surface area contributed by atoms with Crippen molar-refractivity contribution in [2.75, 3.05) is 4.90 Å². The van der Waals surface area contributed by atoms with Gasteiger partial charge in [0.05, 0.1) is 11.5 Å². The molecule has 4 aliphatic rings. The minimum Gasteiger partial charge on any atom is -0.333 e. The van der Waals surface area contributed by atoms with Crippen LogP contribution in [0.5, 0.6) is 0 Å². The zero-order chi connectivity index (χ0) is 43.3. The Bertz CT molecular complexity index is 3380. The Kier molecular flexibility index (Phi) is 8.37. The zero-order valence-electron chi connectivity index (χ0n) is 36.7. The van der Waals surface area contributed by atoms with Gasteiger partial charge in [-0.15, -0.1) is 0 Å². The first-order valence-corrected chi connectivity index (χ1v) is 23.1. The number of nitrogens with zero attached hydrogens (tertiary/aromatic N) is 1. The normalized spacial score (nSPS) is 16.4. The van der Waals surface area contributed by atoms with E-state index in [4.69, 9.17) is 0 Å². The molecule has 0 aliphatic heterocycles. The zero-order valence-corrected chi connectivity index (χ0v) is 36.7. The average Bonchev–Trinajstić information content (AvgIpc) is 3.93. The summed E-state index contributed by atoms with van der Waals surface area (Å²) >= 11 is 0. The lowest BCUT2D eigenvalue weighted by Gasteiger charge is -2.39. The van der Waals surface area contributed by atoms with Crippen LogP contribution in [-0.2, 0) is 10.8 Å². The van der Waals surface area contributed by atoms with E-state index in [9.17, 15) is 0 Å². The van der Waals surface area contributed by atoms with Crippen LogP contribution in [-0.4, -0.2) is 6.04 Å². The molecular formula is C64H47N. The van der Waals surface area contributed by atoms with Crippen molar-refractivity contribution >= 4 is 16.9 Å². The van der Waals surface area contributed by atoms with E-state index in [2.05, 4.69) is 249 Å². The molecule has 0 N–H and O–H groups in total. The second-order valence-electron chi connectivity index (χ2n) is 18.7. The standard InChI is InChI=1S/C64H47N/c1-63(2)54-28-15-12-25-48(54)51-37-35-47(41-58(51)63)65(60-38-34-45(42-19-6-3-7-20-42)39-53(60)44-23-10-5-11-24-44)61-32-18-31-57-62(61)52-36-33-46(43-21-8-4-9-22-43)40-59(52)64(57)55-29-16-13-26-49(55)50-27-14-17-30-56(50)64/h3-31,33-41,61H,32H2,1-2H3. The lowest BCUT2D eigenvalue weighted by Crippen LogP contribution is -2.35. The van der Waals surface area contributed by atoms with Gasteiger partial charge in [-0.1, -0.05) is 214 Å². The molecule has 4 aliphatic carbocycles. The molecule has 1 heteroatoms. The quantitative estimate of drug-likeness (QED) is 0.161. The van der Waals surface area contributed by atoms with Crippen LogP contribution < -0.4 is 4.90 Å². The van der Waals surface area contributed by atoms with Gasteiger partial charge in [-0.3, -0.25) is 0 Å². The third kappa shape index (κ3) is 5.45. The van der Waals surface area contributed by atoms with Crippen molar-refractivity contribution in [1.82, 2.24) is 0 Å². The number of anilines is 2. The summed E-state index contributed by atoms with van der Waals surface area (Å²) in [4.78, 5) is 2.72. The van der Waals surface area contributed by atoms with Crippen LogP contribution in [0.25, 0.3) is 61.2 Å². The Labute approximate surface area is 382 Å². The first-order valence-electron chi connectivity index (χ1n) is 23.1. The molecule has 308 valence electrons. The van der Waals surface area contributed by atoms with E-state index >= 15 is 0 Å². The Morgan fingerprint density at radius 2 is 0.892 bits per heavy atom. The van der Waals surface area contributed by atoms with Crippen molar-refractivity contribution in [2.24, 2.45) is 0 Å². The molecule has 0 saturated heterocycles. The predicted octanol–water partition coefficient (Wildman–Crippen LogP) is 16.2. The van der Waals surface area contributed by atoms with Gasteiger partial charge in [0.1, 0.15) is 0 Å². The average molecular weight is 830 g/mol. The fourth-order valence-corrected chi connectivity index (χ4v) is 12.2. The van der Waals surface area contributed by atoms with Crippen molar-refractivity contribution in [2.45, 2.75) is 37.1 Å². The molecule has 0 heterocycles. The molecule has 0 saturated carbocycles. The number of hydrogen-bond donors (Lipinski definition) is 0. The van der Waals surface area contributed by atoms with Gasteiger partial charge in [0.15, 0.2) is 0 Å². The summed E-state index contributed by atoms with van der Waals surface area (Å²) in [5.41, 5.74) is 25.4. The van der Waals surface area contributed by atoms with Crippen molar-refractivity contribution in [3.63, 3.8) is 0 Å². The van der Waals surface area contributed by atoms with E-state index in [1.54, 1.807) is 0 Å². The molecule has 1 nitrogen and oxygen atoms in total. The molecule has 13 rings (SSSR count). The summed E-state index contributed by atoms with van der Waals surface area (Å²) in [7, 11) is 0. The smallest absolute Gasteiger partial charge is 0.0723 e. The first kappa shape index (κ1) is 37.8. The summed E-state index contributed by atoms with van der Waals surface area (Å²) in [6.07, 6.45) is 5.82. The maximum absolute atomic E-state index is 2.72. The van der Waals surface area contributed by atoms with Crippen molar-refractivity contribution in [3.8, 4) is 55.6 Å². The van der Waals surface area contributed by atoms with Crippen LogP contribution in [0.15, 0.2) is 236 Å². The number of hydrogen-bond acceptors (Lipinski definition) is 1. The van der Waals surface area contributed by atoms with Gasteiger partial charge >= 0.3 is 0 Å². The van der Waals surface area contributed by atoms with E-state index in [0.29, 0.717) is 0 Å². The van der Waals surface area contributed by atoms with E-state index in [0.717, 1.165) is 6.42 Å². The number of benzene rings is 9. The SMILES string of the molecule is CC1(C)c2ccccc2-c2ccc(N(c3ccc(-c4ccccc4)cc3-c3ccccc3)C3CC=CC4=C3c3ccc(-c5ccccc5)cc3C43c4ccccc4-c4ccccc43)cc21. The number of allylic oxidation sites excluding steroid dienone is 2. The second-order valence-corrected chi connectivity index (χ2v) is 18.7. The fourth-order valence-electron chi connectivity index (χ4n) is 12.2. The Balaban J connectivity index is 1.11. The largest absolute Gasteiger partial charge is 0.333 e. The maximum Gasteiger partial charge on any atom is 0.0723 e. The highest BCUT2D eigenvalue weighted by atomic mass is 15.2. The van der Waals surface area contributed by atoms with Crippen molar-refractivity contribution in [3.05, 3.63) is 269 Å². The second kappa shape index (κ2) is 14.4. The molecule has 1 atom stereocenters. The molecule has 9 aromatic rings. The first-order chi connectivity index (χ1) is 32.0. The van der Waals surface area contributed by atoms with Crippen molar-refractivity contribution in [1.29, 1.82) is 0 Å². The molecule has 0 aromatic heterocycles. The van der Waals surface area contributed by atoms with Gasteiger partial charge in [0.2, 0.25) is 0 Å². The molecule has 1 spiro atoms. The van der Waals surface area contributed by atoms with Crippen LogP contribution in [0.3, 0.4) is 0 Å². The van der Waals surface area contributed by atoms with E-state index < -0.39 is 5.41 Å². The van der Waals surface area contributed by atoms with Crippen LogP contribution in [0.1, 0.15) is 53.6 Å². The van der Waals surface area contributed by atoms with E-state index in [1.807, 2.05) is 0 Å². The monoisotopic (exact) mass is 829 g/mol. The topological polar surface area (TPSA) is 3.24 Å². The summed E-state index contributed by atoms with van der Waals surface area (Å²) in [5.74, 6) is 0. The van der Waals surface area contributed by atoms with Gasteiger partial charge in [-0.25, -0.2) is 0 Å². The molecule has 65 heavy (non-hydrogen) atoms. The molecule has 1 unspecified atom stereocenters.